The molecule has 0 aliphatic rings. The third kappa shape index (κ3) is 3.00. The van der Waals surface area contributed by atoms with Gasteiger partial charge in [-0.15, -0.1) is 5.10 Å². The Hall–Kier alpha value is -1.72. The molecule has 0 saturated carbocycles. The number of hydrogen-bond donors (Lipinski definition) is 1. The van der Waals surface area contributed by atoms with Gasteiger partial charge in [-0.1, -0.05) is 24.3 Å². The zero-order valence-electron chi connectivity index (χ0n) is 11.6. The first-order chi connectivity index (χ1) is 9.13. The number of benzene rings is 1. The fourth-order valence-electron chi connectivity index (χ4n) is 2.21. The van der Waals surface area contributed by atoms with E-state index in [1.54, 1.807) is 7.11 Å². The Morgan fingerprint density at radius 1 is 1.26 bits per heavy atom. The summed E-state index contributed by atoms with van der Waals surface area (Å²) in [4.78, 5) is 2.03. The fraction of sp³-hybridized carbons (Fsp3) is 0.429. The number of anilines is 1. The topological polar surface area (TPSA) is 64.3 Å². The molecule has 5 nitrogen and oxygen atoms in total. The number of methoxy groups -OCH3 is 1. The minimum Gasteiger partial charge on any atom is -0.383 e. The first-order valence-corrected chi connectivity index (χ1v) is 6.31. The molecule has 19 heavy (non-hydrogen) atoms. The van der Waals surface area contributed by atoms with Gasteiger partial charge >= 0.3 is 0 Å². The SMILES string of the molecule is COCC(N)CN(C)c1nnc(C)c2ccccc12. The molecule has 2 N–H and O–H groups in total. The summed E-state index contributed by atoms with van der Waals surface area (Å²) in [5.74, 6) is 0.854. The van der Waals surface area contributed by atoms with E-state index in [4.69, 9.17) is 10.5 Å². The van der Waals surface area contributed by atoms with Crippen molar-refractivity contribution in [2.75, 3.05) is 32.2 Å². The van der Waals surface area contributed by atoms with Gasteiger partial charge in [-0.3, -0.25) is 0 Å². The van der Waals surface area contributed by atoms with Crippen LogP contribution >= 0.6 is 0 Å². The van der Waals surface area contributed by atoms with Gasteiger partial charge in [0.15, 0.2) is 5.82 Å². The van der Waals surface area contributed by atoms with Crippen LogP contribution in [0.4, 0.5) is 5.82 Å². The summed E-state index contributed by atoms with van der Waals surface area (Å²) in [7, 11) is 3.63. The van der Waals surface area contributed by atoms with Crippen LogP contribution < -0.4 is 10.6 Å². The van der Waals surface area contributed by atoms with Gasteiger partial charge in [-0.05, 0) is 6.92 Å². The molecule has 0 saturated heterocycles. The molecule has 0 amide bonds. The Balaban J connectivity index is 2.32. The highest BCUT2D eigenvalue weighted by atomic mass is 16.5. The number of rotatable bonds is 5. The van der Waals surface area contributed by atoms with Crippen LogP contribution in [-0.4, -0.2) is 43.5 Å². The number of fused-ring (bicyclic) bond motifs is 1. The first kappa shape index (κ1) is 13.7. The van der Waals surface area contributed by atoms with E-state index in [-0.39, 0.29) is 6.04 Å². The maximum Gasteiger partial charge on any atom is 0.158 e. The van der Waals surface area contributed by atoms with Crippen LogP contribution in [-0.2, 0) is 4.74 Å². The lowest BCUT2D eigenvalue weighted by Gasteiger charge is -2.23. The number of hydrogen-bond acceptors (Lipinski definition) is 5. The minimum atomic E-state index is -0.0446. The van der Waals surface area contributed by atoms with E-state index >= 15 is 0 Å². The Labute approximate surface area is 113 Å². The van der Waals surface area contributed by atoms with Crippen molar-refractivity contribution in [3.63, 3.8) is 0 Å². The lowest BCUT2D eigenvalue weighted by Crippen LogP contribution is -2.38. The van der Waals surface area contributed by atoms with Crippen molar-refractivity contribution in [1.82, 2.24) is 10.2 Å². The predicted octanol–water partition coefficient (Wildman–Crippen LogP) is 1.35. The third-order valence-corrected chi connectivity index (χ3v) is 3.10. The highest BCUT2D eigenvalue weighted by Crippen LogP contribution is 2.24. The van der Waals surface area contributed by atoms with Crippen molar-refractivity contribution in [3.05, 3.63) is 30.0 Å². The van der Waals surface area contributed by atoms with E-state index in [9.17, 15) is 0 Å². The standard InChI is InChI=1S/C14H20N4O/c1-10-12-6-4-5-7-13(12)14(17-16-10)18(2)8-11(15)9-19-3/h4-7,11H,8-9,15H2,1-3H3. The Morgan fingerprint density at radius 3 is 2.63 bits per heavy atom. The van der Waals surface area contributed by atoms with E-state index in [1.807, 2.05) is 31.0 Å². The second kappa shape index (κ2) is 5.95. The van der Waals surface area contributed by atoms with Crippen LogP contribution in [0.1, 0.15) is 5.69 Å². The van der Waals surface area contributed by atoms with Crippen LogP contribution in [0, 0.1) is 6.92 Å². The Morgan fingerprint density at radius 2 is 1.95 bits per heavy atom. The van der Waals surface area contributed by atoms with E-state index in [0.29, 0.717) is 13.2 Å². The lowest BCUT2D eigenvalue weighted by molar-refractivity contribution is 0.181. The van der Waals surface area contributed by atoms with Crippen molar-refractivity contribution in [2.24, 2.45) is 5.73 Å². The van der Waals surface area contributed by atoms with Crippen LogP contribution in [0.5, 0.6) is 0 Å². The second-order valence-corrected chi connectivity index (χ2v) is 4.75. The van der Waals surface area contributed by atoms with Gasteiger partial charge in [0.25, 0.3) is 0 Å². The molecule has 2 aromatic rings. The number of nitrogens with zero attached hydrogens (tertiary/aromatic N) is 3. The van der Waals surface area contributed by atoms with Crippen molar-refractivity contribution in [1.29, 1.82) is 0 Å². The normalized spacial score (nSPS) is 12.6. The van der Waals surface area contributed by atoms with Crippen molar-refractivity contribution in [3.8, 4) is 0 Å². The van der Waals surface area contributed by atoms with Gasteiger partial charge in [-0.2, -0.15) is 5.10 Å². The summed E-state index contributed by atoms with van der Waals surface area (Å²) < 4.78 is 5.06. The van der Waals surface area contributed by atoms with Gasteiger partial charge in [0.05, 0.1) is 12.3 Å². The van der Waals surface area contributed by atoms with E-state index in [1.165, 1.54) is 0 Å². The molecule has 1 aromatic carbocycles. The lowest BCUT2D eigenvalue weighted by atomic mass is 10.1. The molecule has 5 heteroatoms. The summed E-state index contributed by atoms with van der Waals surface area (Å²) in [6, 6.07) is 8.10. The molecule has 2 rings (SSSR count). The number of aryl methyl sites for hydroxylation is 1. The molecular weight excluding hydrogens is 240 g/mol. The fourth-order valence-corrected chi connectivity index (χ4v) is 2.21. The molecule has 102 valence electrons. The maximum atomic E-state index is 5.98. The molecule has 1 atom stereocenters. The summed E-state index contributed by atoms with van der Waals surface area (Å²) in [5, 5.41) is 10.7. The molecule has 0 fully saturated rings. The zero-order chi connectivity index (χ0) is 13.8. The molecule has 1 unspecified atom stereocenters. The minimum absolute atomic E-state index is 0.0446. The van der Waals surface area contributed by atoms with Gasteiger partial charge < -0.3 is 15.4 Å². The molecule has 0 bridgehead atoms. The molecular formula is C14H20N4O. The first-order valence-electron chi connectivity index (χ1n) is 6.31. The average molecular weight is 260 g/mol. The Kier molecular flexibility index (Phi) is 4.29. The molecule has 1 aromatic heterocycles. The van der Waals surface area contributed by atoms with Gasteiger partial charge in [0.1, 0.15) is 0 Å². The van der Waals surface area contributed by atoms with Crippen LogP contribution in [0.15, 0.2) is 24.3 Å². The molecule has 0 spiro atoms. The van der Waals surface area contributed by atoms with Crippen molar-refractivity contribution < 1.29 is 4.74 Å². The predicted molar refractivity (Wildman–Crippen MR) is 77.4 cm³/mol. The van der Waals surface area contributed by atoms with Crippen LogP contribution in [0.2, 0.25) is 0 Å². The number of nitrogens with two attached hydrogens (primary N) is 1. The monoisotopic (exact) mass is 260 g/mol. The summed E-state index contributed by atoms with van der Waals surface area (Å²) in [5.41, 5.74) is 6.92. The third-order valence-electron chi connectivity index (χ3n) is 3.10. The molecule has 1 heterocycles. The molecule has 0 aliphatic heterocycles. The summed E-state index contributed by atoms with van der Waals surface area (Å²) in [6.45, 7) is 3.17. The van der Waals surface area contributed by atoms with E-state index in [0.717, 1.165) is 22.3 Å². The average Bonchev–Trinajstić information content (AvgIpc) is 2.39. The molecule has 0 radical (unpaired) electrons. The number of likely N-dealkylation sites (N-methyl/N-ethyl adjacent to an activating group) is 1. The van der Waals surface area contributed by atoms with Gasteiger partial charge in [-0.25, -0.2) is 0 Å². The molecule has 0 aliphatic carbocycles. The summed E-state index contributed by atoms with van der Waals surface area (Å²) >= 11 is 0. The quantitative estimate of drug-likeness (QED) is 0.879. The highest BCUT2D eigenvalue weighted by molar-refractivity contribution is 5.93. The highest BCUT2D eigenvalue weighted by Gasteiger charge is 2.13. The zero-order valence-corrected chi connectivity index (χ0v) is 11.6. The Bertz CT molecular complexity index is 558. The second-order valence-electron chi connectivity index (χ2n) is 4.75. The van der Waals surface area contributed by atoms with E-state index < -0.39 is 0 Å². The summed E-state index contributed by atoms with van der Waals surface area (Å²) in [6.07, 6.45) is 0. The smallest absolute Gasteiger partial charge is 0.158 e. The largest absolute Gasteiger partial charge is 0.383 e. The van der Waals surface area contributed by atoms with Gasteiger partial charge in [0.2, 0.25) is 0 Å². The van der Waals surface area contributed by atoms with Gasteiger partial charge in [0, 0.05) is 37.5 Å². The number of aromatic nitrogens is 2. The number of ether oxygens (including phenoxy) is 1. The van der Waals surface area contributed by atoms with Crippen molar-refractivity contribution in [2.45, 2.75) is 13.0 Å². The van der Waals surface area contributed by atoms with Crippen LogP contribution in [0.3, 0.4) is 0 Å². The maximum absolute atomic E-state index is 5.98. The van der Waals surface area contributed by atoms with Crippen LogP contribution in [0.25, 0.3) is 10.8 Å². The van der Waals surface area contributed by atoms with Crippen molar-refractivity contribution >= 4 is 16.6 Å². The van der Waals surface area contributed by atoms with E-state index in [2.05, 4.69) is 22.3 Å².